The summed E-state index contributed by atoms with van der Waals surface area (Å²) in [6, 6.07) is 7.64. The molecule has 2 aromatic rings. The van der Waals surface area contributed by atoms with Crippen molar-refractivity contribution in [3.05, 3.63) is 41.5 Å². The van der Waals surface area contributed by atoms with E-state index in [-0.39, 0.29) is 17.5 Å². The van der Waals surface area contributed by atoms with E-state index in [1.807, 2.05) is 6.07 Å². The van der Waals surface area contributed by atoms with Crippen LogP contribution >= 0.6 is 0 Å². The lowest BCUT2D eigenvalue weighted by atomic mass is 9.85. The normalized spacial score (nSPS) is 20.8. The molecule has 2 heterocycles. The molecule has 9 heteroatoms. The zero-order chi connectivity index (χ0) is 19.7. The summed E-state index contributed by atoms with van der Waals surface area (Å²) in [5.74, 6) is 1.76. The first-order valence-electron chi connectivity index (χ1n) is 9.27. The molecule has 2 aliphatic rings. The van der Waals surface area contributed by atoms with Gasteiger partial charge in [-0.05, 0) is 37.0 Å². The van der Waals surface area contributed by atoms with Gasteiger partial charge in [0.25, 0.3) is 5.91 Å². The molecule has 1 saturated carbocycles. The van der Waals surface area contributed by atoms with Crippen LogP contribution in [0.3, 0.4) is 0 Å². The van der Waals surface area contributed by atoms with Crippen molar-refractivity contribution in [3.63, 3.8) is 0 Å². The van der Waals surface area contributed by atoms with E-state index >= 15 is 0 Å². The van der Waals surface area contributed by atoms with Crippen molar-refractivity contribution >= 4 is 30.6 Å². The van der Waals surface area contributed by atoms with Gasteiger partial charge in [0.2, 0.25) is 0 Å². The fourth-order valence-electron chi connectivity index (χ4n) is 3.77. The van der Waals surface area contributed by atoms with Gasteiger partial charge in [-0.15, -0.1) is 0 Å². The third-order valence-corrected chi connectivity index (χ3v) is 5.19. The Labute approximate surface area is 162 Å². The maximum atomic E-state index is 11.9. The first-order chi connectivity index (χ1) is 13.5. The third kappa shape index (κ3) is 3.46. The standard InChI is InChI=1S/C19H20BN5O3/c21-10-13-3-1-2-4-16(13)25-11-15(18(22)26)19(24-25)23-14-5-6-17-12(9-14)7-8-20(27)28-17/h5-9,11,13,16,27H,1-4H2,(H2,22,26)(H,23,24)/t13-,16+/m1/s1. The summed E-state index contributed by atoms with van der Waals surface area (Å²) >= 11 is 0. The summed E-state index contributed by atoms with van der Waals surface area (Å²) < 4.78 is 7.02. The minimum absolute atomic E-state index is 0.0613. The zero-order valence-corrected chi connectivity index (χ0v) is 15.2. The number of carbonyl (C=O) groups is 1. The number of fused-ring (bicyclic) bond motifs is 1. The summed E-state index contributed by atoms with van der Waals surface area (Å²) in [5, 5.41) is 26.6. The largest absolute Gasteiger partial charge is 0.552 e. The number of aromatic nitrogens is 2. The lowest BCUT2D eigenvalue weighted by Gasteiger charge is -2.26. The van der Waals surface area contributed by atoms with Crippen LogP contribution in [0.1, 0.15) is 47.6 Å². The number of amides is 1. The van der Waals surface area contributed by atoms with Crippen LogP contribution in [0, 0.1) is 17.2 Å². The number of rotatable bonds is 4. The van der Waals surface area contributed by atoms with Crippen LogP contribution in [0.2, 0.25) is 0 Å². The molecule has 0 radical (unpaired) electrons. The van der Waals surface area contributed by atoms with E-state index in [2.05, 4.69) is 16.5 Å². The van der Waals surface area contributed by atoms with E-state index in [1.54, 1.807) is 35.1 Å². The third-order valence-electron chi connectivity index (χ3n) is 5.19. The van der Waals surface area contributed by atoms with Crippen LogP contribution in [0.5, 0.6) is 5.75 Å². The quantitative estimate of drug-likeness (QED) is 0.703. The SMILES string of the molecule is N#C[C@H]1CCCC[C@@H]1n1cc(C(N)=O)c(Nc2ccc3c(c2)C=CB(O)O3)n1. The molecule has 1 aromatic carbocycles. The molecule has 0 bridgehead atoms. The van der Waals surface area contributed by atoms with E-state index in [9.17, 15) is 15.1 Å². The van der Waals surface area contributed by atoms with Crippen LogP contribution in [0.25, 0.3) is 6.08 Å². The average Bonchev–Trinajstić information content (AvgIpc) is 3.12. The molecule has 1 fully saturated rings. The highest BCUT2D eigenvalue weighted by Gasteiger charge is 2.29. The molecule has 0 spiro atoms. The minimum Gasteiger partial charge on any atom is -0.532 e. The van der Waals surface area contributed by atoms with Gasteiger partial charge >= 0.3 is 7.12 Å². The second-order valence-corrected chi connectivity index (χ2v) is 7.07. The number of anilines is 2. The molecule has 2 atom stereocenters. The van der Waals surface area contributed by atoms with Crippen LogP contribution < -0.4 is 15.7 Å². The highest BCUT2D eigenvalue weighted by molar-refractivity contribution is 6.51. The molecule has 1 aliphatic carbocycles. The molecule has 0 saturated heterocycles. The predicted octanol–water partition coefficient (Wildman–Crippen LogP) is 2.41. The Balaban J connectivity index is 1.63. The van der Waals surface area contributed by atoms with Gasteiger partial charge in [-0.25, -0.2) is 0 Å². The first kappa shape index (κ1) is 18.1. The number of nitrogens with zero attached hydrogens (tertiary/aromatic N) is 3. The number of hydrogen-bond acceptors (Lipinski definition) is 6. The Morgan fingerprint density at radius 3 is 3.04 bits per heavy atom. The van der Waals surface area contributed by atoms with Crippen molar-refractivity contribution in [2.24, 2.45) is 11.7 Å². The number of primary amides is 1. The molecule has 1 amide bonds. The molecule has 0 unspecified atom stereocenters. The summed E-state index contributed by atoms with van der Waals surface area (Å²) in [5.41, 5.74) is 7.33. The van der Waals surface area contributed by atoms with Crippen molar-refractivity contribution in [3.8, 4) is 11.8 Å². The number of nitrogens with two attached hydrogens (primary N) is 1. The van der Waals surface area contributed by atoms with Crippen LogP contribution in [-0.4, -0.2) is 27.8 Å². The molecule has 8 nitrogen and oxygen atoms in total. The highest BCUT2D eigenvalue weighted by Crippen LogP contribution is 2.35. The van der Waals surface area contributed by atoms with Gasteiger partial charge in [-0.3, -0.25) is 9.48 Å². The number of benzene rings is 1. The van der Waals surface area contributed by atoms with Gasteiger partial charge in [-0.1, -0.05) is 18.9 Å². The van der Waals surface area contributed by atoms with Gasteiger partial charge < -0.3 is 20.7 Å². The zero-order valence-electron chi connectivity index (χ0n) is 15.2. The highest BCUT2D eigenvalue weighted by atomic mass is 16.5. The van der Waals surface area contributed by atoms with E-state index in [1.165, 1.54) is 0 Å². The maximum Gasteiger partial charge on any atom is 0.552 e. The Hall–Kier alpha value is -3.25. The number of carbonyl (C=O) groups excluding carboxylic acids is 1. The molecule has 4 N–H and O–H groups in total. The molecule has 142 valence electrons. The van der Waals surface area contributed by atoms with E-state index in [4.69, 9.17) is 10.4 Å². The summed E-state index contributed by atoms with van der Waals surface area (Å²) in [6.07, 6.45) is 7.13. The Bertz CT molecular complexity index is 980. The summed E-state index contributed by atoms with van der Waals surface area (Å²) in [7, 11) is -0.952. The van der Waals surface area contributed by atoms with E-state index in [0.717, 1.165) is 31.2 Å². The maximum absolute atomic E-state index is 11.9. The molecule has 4 rings (SSSR count). The molecular formula is C19H20BN5O3. The average molecular weight is 377 g/mol. The summed E-state index contributed by atoms with van der Waals surface area (Å²) in [4.78, 5) is 11.9. The van der Waals surface area contributed by atoms with E-state index in [0.29, 0.717) is 17.3 Å². The van der Waals surface area contributed by atoms with Crippen molar-refractivity contribution < 1.29 is 14.5 Å². The molecule has 1 aromatic heterocycles. The van der Waals surface area contributed by atoms with Crippen LogP contribution in [-0.2, 0) is 0 Å². The lowest BCUT2D eigenvalue weighted by Crippen LogP contribution is -2.22. The molecular weight excluding hydrogens is 357 g/mol. The van der Waals surface area contributed by atoms with Gasteiger partial charge in [-0.2, -0.15) is 10.4 Å². The van der Waals surface area contributed by atoms with Gasteiger partial charge in [0, 0.05) is 17.4 Å². The smallest absolute Gasteiger partial charge is 0.532 e. The van der Waals surface area contributed by atoms with Crippen LogP contribution in [0.15, 0.2) is 30.4 Å². The molecule has 28 heavy (non-hydrogen) atoms. The number of nitrogens with one attached hydrogen (secondary N) is 1. The second-order valence-electron chi connectivity index (χ2n) is 7.07. The van der Waals surface area contributed by atoms with Gasteiger partial charge in [0.15, 0.2) is 5.82 Å². The van der Waals surface area contributed by atoms with E-state index < -0.39 is 13.0 Å². The first-order valence-corrected chi connectivity index (χ1v) is 9.27. The van der Waals surface area contributed by atoms with Crippen molar-refractivity contribution in [2.45, 2.75) is 31.7 Å². The summed E-state index contributed by atoms with van der Waals surface area (Å²) in [6.45, 7) is 0. The Morgan fingerprint density at radius 1 is 1.43 bits per heavy atom. The van der Waals surface area contributed by atoms with Crippen molar-refractivity contribution in [1.82, 2.24) is 9.78 Å². The van der Waals surface area contributed by atoms with Gasteiger partial charge in [0.05, 0.1) is 18.0 Å². The number of nitriles is 1. The second kappa shape index (κ2) is 7.41. The lowest BCUT2D eigenvalue weighted by molar-refractivity contribution is 0.100. The fraction of sp³-hybridized carbons (Fsp3) is 0.316. The Morgan fingerprint density at radius 2 is 2.25 bits per heavy atom. The monoisotopic (exact) mass is 377 g/mol. The predicted molar refractivity (Wildman–Crippen MR) is 105 cm³/mol. The van der Waals surface area contributed by atoms with Crippen molar-refractivity contribution in [1.29, 1.82) is 5.26 Å². The van der Waals surface area contributed by atoms with Crippen molar-refractivity contribution in [2.75, 3.05) is 5.32 Å². The fourth-order valence-corrected chi connectivity index (χ4v) is 3.77. The minimum atomic E-state index is -0.952. The topological polar surface area (TPSA) is 126 Å². The van der Waals surface area contributed by atoms with Gasteiger partial charge in [0.1, 0.15) is 11.3 Å². The molecule has 1 aliphatic heterocycles. The van der Waals surface area contributed by atoms with Crippen LogP contribution in [0.4, 0.5) is 11.5 Å². The Kier molecular flexibility index (Phi) is 4.80. The number of hydrogen-bond donors (Lipinski definition) is 3.